The van der Waals surface area contributed by atoms with Gasteiger partial charge in [0.05, 0.1) is 14.2 Å². The summed E-state index contributed by atoms with van der Waals surface area (Å²) in [5, 5.41) is 8.47. The van der Waals surface area contributed by atoms with Crippen molar-refractivity contribution in [3.8, 4) is 23.3 Å². The second-order valence-electron chi connectivity index (χ2n) is 4.56. The predicted octanol–water partition coefficient (Wildman–Crippen LogP) is 2.75. The SMILES string of the molecule is COc1ccc(CCCC(C)C#CC(=O)O)cc1OC. The summed E-state index contributed by atoms with van der Waals surface area (Å²) in [6, 6.07) is 5.86. The van der Waals surface area contributed by atoms with E-state index >= 15 is 0 Å². The van der Waals surface area contributed by atoms with E-state index in [1.807, 2.05) is 25.1 Å². The second kappa shape index (κ2) is 8.11. The molecule has 4 nitrogen and oxygen atoms in total. The van der Waals surface area contributed by atoms with Crippen LogP contribution >= 0.6 is 0 Å². The molecule has 0 radical (unpaired) electrons. The highest BCUT2D eigenvalue weighted by Gasteiger charge is 2.05. The van der Waals surface area contributed by atoms with Gasteiger partial charge in [-0.2, -0.15) is 0 Å². The van der Waals surface area contributed by atoms with Crippen molar-refractivity contribution in [1.29, 1.82) is 0 Å². The van der Waals surface area contributed by atoms with Crippen molar-refractivity contribution in [3.63, 3.8) is 0 Å². The van der Waals surface area contributed by atoms with Gasteiger partial charge in [-0.3, -0.25) is 0 Å². The molecule has 0 bridgehead atoms. The summed E-state index contributed by atoms with van der Waals surface area (Å²) in [5.41, 5.74) is 1.17. The standard InChI is InChI=1S/C16H20O4/c1-12(7-10-16(17)18)5-4-6-13-8-9-14(19-2)15(11-13)20-3/h8-9,11-12H,4-6H2,1-3H3,(H,17,18). The fraction of sp³-hybridized carbons (Fsp3) is 0.438. The Morgan fingerprint density at radius 1 is 1.30 bits per heavy atom. The van der Waals surface area contributed by atoms with E-state index in [-0.39, 0.29) is 5.92 Å². The van der Waals surface area contributed by atoms with Crippen LogP contribution in [-0.4, -0.2) is 25.3 Å². The van der Waals surface area contributed by atoms with Gasteiger partial charge in [0.15, 0.2) is 11.5 Å². The van der Waals surface area contributed by atoms with Crippen LogP contribution in [0.25, 0.3) is 0 Å². The lowest BCUT2D eigenvalue weighted by atomic mass is 10.0. The maximum Gasteiger partial charge on any atom is 0.381 e. The van der Waals surface area contributed by atoms with E-state index in [4.69, 9.17) is 14.6 Å². The van der Waals surface area contributed by atoms with E-state index in [0.717, 1.165) is 30.8 Å². The lowest BCUT2D eigenvalue weighted by Crippen LogP contribution is -1.96. The summed E-state index contributed by atoms with van der Waals surface area (Å²) < 4.78 is 10.4. The van der Waals surface area contributed by atoms with Gasteiger partial charge in [0.1, 0.15) is 0 Å². The minimum atomic E-state index is -1.07. The number of ether oxygens (including phenoxy) is 2. The molecular weight excluding hydrogens is 256 g/mol. The number of aliphatic carboxylic acids is 1. The zero-order chi connectivity index (χ0) is 15.0. The van der Waals surface area contributed by atoms with E-state index in [1.54, 1.807) is 14.2 Å². The molecule has 1 aromatic carbocycles. The monoisotopic (exact) mass is 276 g/mol. The van der Waals surface area contributed by atoms with Crippen molar-refractivity contribution in [3.05, 3.63) is 23.8 Å². The topological polar surface area (TPSA) is 55.8 Å². The fourth-order valence-corrected chi connectivity index (χ4v) is 1.91. The first kappa shape index (κ1) is 15.9. The first-order chi connectivity index (χ1) is 9.56. The van der Waals surface area contributed by atoms with Gasteiger partial charge in [0.2, 0.25) is 0 Å². The number of hydrogen-bond acceptors (Lipinski definition) is 3. The molecule has 0 spiro atoms. The third-order valence-electron chi connectivity index (χ3n) is 2.98. The molecule has 1 unspecified atom stereocenters. The highest BCUT2D eigenvalue weighted by molar-refractivity contribution is 5.86. The summed E-state index contributed by atoms with van der Waals surface area (Å²) >= 11 is 0. The Bertz CT molecular complexity index is 511. The molecular formula is C16H20O4. The average molecular weight is 276 g/mol. The van der Waals surface area contributed by atoms with E-state index in [9.17, 15) is 4.79 Å². The summed E-state index contributed by atoms with van der Waals surface area (Å²) in [6.45, 7) is 1.94. The highest BCUT2D eigenvalue weighted by Crippen LogP contribution is 2.28. The van der Waals surface area contributed by atoms with Crippen molar-refractivity contribution in [2.75, 3.05) is 14.2 Å². The molecule has 1 rings (SSSR count). The van der Waals surface area contributed by atoms with Crippen molar-refractivity contribution in [1.82, 2.24) is 0 Å². The minimum Gasteiger partial charge on any atom is -0.493 e. The molecule has 1 N–H and O–H groups in total. The van der Waals surface area contributed by atoms with Crippen molar-refractivity contribution in [2.24, 2.45) is 5.92 Å². The lowest BCUT2D eigenvalue weighted by molar-refractivity contribution is -0.130. The molecule has 0 amide bonds. The summed E-state index contributed by atoms with van der Waals surface area (Å²) in [7, 11) is 3.23. The Kier molecular flexibility index (Phi) is 6.45. The quantitative estimate of drug-likeness (QED) is 0.812. The largest absolute Gasteiger partial charge is 0.493 e. The lowest BCUT2D eigenvalue weighted by Gasteiger charge is -2.10. The third kappa shape index (κ3) is 5.23. The molecule has 0 aromatic heterocycles. The van der Waals surface area contributed by atoms with Gasteiger partial charge < -0.3 is 14.6 Å². The van der Waals surface area contributed by atoms with E-state index in [0.29, 0.717) is 0 Å². The van der Waals surface area contributed by atoms with Crippen LogP contribution < -0.4 is 9.47 Å². The van der Waals surface area contributed by atoms with Gasteiger partial charge >= 0.3 is 5.97 Å². The Hall–Kier alpha value is -2.15. The smallest absolute Gasteiger partial charge is 0.381 e. The van der Waals surface area contributed by atoms with Crippen molar-refractivity contribution >= 4 is 5.97 Å². The van der Waals surface area contributed by atoms with Crippen LogP contribution in [0.4, 0.5) is 0 Å². The number of carboxylic acids is 1. The first-order valence-corrected chi connectivity index (χ1v) is 6.52. The van der Waals surface area contributed by atoms with Crippen LogP contribution in [0, 0.1) is 17.8 Å². The Labute approximate surface area is 119 Å². The molecule has 0 fully saturated rings. The molecule has 20 heavy (non-hydrogen) atoms. The van der Waals surface area contributed by atoms with Crippen molar-refractivity contribution in [2.45, 2.75) is 26.2 Å². The Balaban J connectivity index is 2.50. The molecule has 0 aliphatic carbocycles. The van der Waals surface area contributed by atoms with Gasteiger partial charge in [0.25, 0.3) is 0 Å². The third-order valence-corrected chi connectivity index (χ3v) is 2.98. The van der Waals surface area contributed by atoms with E-state index < -0.39 is 5.97 Å². The number of rotatable bonds is 6. The Morgan fingerprint density at radius 2 is 2.00 bits per heavy atom. The van der Waals surface area contributed by atoms with Crippen LogP contribution in [0.2, 0.25) is 0 Å². The summed E-state index contributed by atoms with van der Waals surface area (Å²) in [4.78, 5) is 10.3. The molecule has 1 atom stereocenters. The van der Waals surface area contributed by atoms with Gasteiger partial charge in [0, 0.05) is 11.8 Å². The maximum atomic E-state index is 10.3. The molecule has 0 aliphatic rings. The zero-order valence-corrected chi connectivity index (χ0v) is 12.1. The summed E-state index contributed by atoms with van der Waals surface area (Å²) in [5.74, 6) is 5.33. The highest BCUT2D eigenvalue weighted by atomic mass is 16.5. The van der Waals surface area contributed by atoms with Crippen LogP contribution in [0.5, 0.6) is 11.5 Å². The fourth-order valence-electron chi connectivity index (χ4n) is 1.91. The van der Waals surface area contributed by atoms with Gasteiger partial charge in [-0.1, -0.05) is 18.9 Å². The van der Waals surface area contributed by atoms with Crippen molar-refractivity contribution < 1.29 is 19.4 Å². The van der Waals surface area contributed by atoms with Crippen LogP contribution in [-0.2, 0) is 11.2 Å². The van der Waals surface area contributed by atoms with Crippen LogP contribution in [0.1, 0.15) is 25.3 Å². The molecule has 1 aromatic rings. The number of hydrogen-bond donors (Lipinski definition) is 1. The summed E-state index contributed by atoms with van der Waals surface area (Å²) in [6.07, 6.45) is 2.72. The number of methoxy groups -OCH3 is 2. The van der Waals surface area contributed by atoms with E-state index in [1.165, 1.54) is 5.56 Å². The number of carbonyl (C=O) groups is 1. The number of carboxylic acid groups (broad SMARTS) is 1. The maximum absolute atomic E-state index is 10.3. The molecule has 0 heterocycles. The minimum absolute atomic E-state index is 0.0891. The normalized spacial score (nSPS) is 11.2. The van der Waals surface area contributed by atoms with Crippen LogP contribution in [0.15, 0.2) is 18.2 Å². The zero-order valence-electron chi connectivity index (χ0n) is 12.1. The van der Waals surface area contributed by atoms with Gasteiger partial charge in [-0.15, -0.1) is 0 Å². The van der Waals surface area contributed by atoms with Gasteiger partial charge in [-0.25, -0.2) is 4.79 Å². The average Bonchev–Trinajstić information content (AvgIpc) is 2.44. The Morgan fingerprint density at radius 3 is 2.60 bits per heavy atom. The first-order valence-electron chi connectivity index (χ1n) is 6.52. The number of benzene rings is 1. The molecule has 108 valence electrons. The predicted molar refractivity (Wildman–Crippen MR) is 77.1 cm³/mol. The van der Waals surface area contributed by atoms with Gasteiger partial charge in [-0.05, 0) is 37.0 Å². The molecule has 0 saturated heterocycles. The number of aryl methyl sites for hydroxylation is 1. The molecule has 0 aliphatic heterocycles. The van der Waals surface area contributed by atoms with Crippen LogP contribution in [0.3, 0.4) is 0 Å². The second-order valence-corrected chi connectivity index (χ2v) is 4.56. The molecule has 4 heteroatoms. The van der Waals surface area contributed by atoms with E-state index in [2.05, 4.69) is 11.8 Å². The molecule has 0 saturated carbocycles.